The number of nitrogens with two attached hydrogens (primary N) is 4. The Labute approximate surface area is 561 Å². The van der Waals surface area contributed by atoms with E-state index in [9.17, 15) is 29.4 Å². The first-order chi connectivity index (χ1) is 43.3. The van der Waals surface area contributed by atoms with Crippen LogP contribution in [0.5, 0.6) is 23.0 Å². The van der Waals surface area contributed by atoms with E-state index in [4.69, 9.17) is 32.4 Å². The van der Waals surface area contributed by atoms with Gasteiger partial charge in [0.1, 0.15) is 36.2 Å². The Bertz CT molecular complexity index is 3230. The van der Waals surface area contributed by atoms with Crippen molar-refractivity contribution in [1.82, 2.24) is 21.3 Å². The van der Waals surface area contributed by atoms with Crippen LogP contribution >= 0.6 is 47.0 Å². The van der Waals surface area contributed by atoms with Crippen LogP contribution in [0.15, 0.2) is 136 Å². The van der Waals surface area contributed by atoms with Crippen molar-refractivity contribution < 1.29 is 38.9 Å². The average Bonchev–Trinajstić information content (AvgIpc) is 0.771. The summed E-state index contributed by atoms with van der Waals surface area (Å²) in [6.45, 7) is 28.2. The van der Waals surface area contributed by atoms with E-state index in [2.05, 4.69) is 153 Å². The number of aromatic hydroxyl groups is 2. The van der Waals surface area contributed by atoms with Gasteiger partial charge in [-0.05, 0) is 167 Å². The number of carbonyl (C=O) groups is 4. The lowest BCUT2D eigenvalue weighted by atomic mass is 9.87. The van der Waals surface area contributed by atoms with Gasteiger partial charge in [0, 0.05) is 37.3 Å². The molecule has 7 rings (SSSR count). The highest BCUT2D eigenvalue weighted by Crippen LogP contribution is 2.56. The van der Waals surface area contributed by atoms with Crippen molar-refractivity contribution in [1.29, 1.82) is 0 Å². The minimum absolute atomic E-state index is 0.0942. The van der Waals surface area contributed by atoms with Crippen molar-refractivity contribution >= 4 is 70.7 Å². The Hall–Kier alpha value is -6.36. The number of hydrogen-bond donors (Lipinski definition) is 10. The summed E-state index contributed by atoms with van der Waals surface area (Å²) in [6.07, 6.45) is 4.21. The monoisotopic (exact) mass is 1330 g/mol. The number of phenols is 2. The van der Waals surface area contributed by atoms with Gasteiger partial charge in [0.05, 0.1) is 51.2 Å². The van der Waals surface area contributed by atoms with Crippen LogP contribution in [0, 0.1) is 0 Å². The second-order valence-corrected chi connectivity index (χ2v) is 31.8. The van der Waals surface area contributed by atoms with E-state index in [1.165, 1.54) is 47.0 Å². The number of phenolic OH excluding ortho intramolecular Hbond substituents is 2. The molecule has 4 amide bonds. The van der Waals surface area contributed by atoms with E-state index >= 15 is 0 Å². The molecule has 20 heteroatoms. The van der Waals surface area contributed by atoms with Crippen LogP contribution in [-0.4, -0.2) is 85.2 Å². The van der Waals surface area contributed by atoms with E-state index in [0.29, 0.717) is 68.1 Å². The normalized spacial score (nSPS) is 13.4. The summed E-state index contributed by atoms with van der Waals surface area (Å²) in [6, 6.07) is 29.9. The van der Waals surface area contributed by atoms with Crippen LogP contribution in [0.25, 0.3) is 0 Å². The lowest BCUT2D eigenvalue weighted by Crippen LogP contribution is -2.43. The van der Waals surface area contributed by atoms with Crippen molar-refractivity contribution in [3.63, 3.8) is 0 Å². The zero-order valence-electron chi connectivity index (χ0n) is 55.6. The number of amides is 4. The van der Waals surface area contributed by atoms with Gasteiger partial charge in [0.2, 0.25) is 11.8 Å². The molecule has 0 unspecified atom stereocenters. The minimum atomic E-state index is -0.633. The number of nitrogens with one attached hydrogen (secondary N) is 4. The van der Waals surface area contributed by atoms with Crippen molar-refractivity contribution in [3.8, 4) is 23.0 Å². The van der Waals surface area contributed by atoms with Gasteiger partial charge in [0.25, 0.3) is 11.8 Å². The molecule has 0 fully saturated rings. The first-order valence-electron chi connectivity index (χ1n) is 31.6. The van der Waals surface area contributed by atoms with Gasteiger partial charge in [-0.25, -0.2) is 0 Å². The highest BCUT2D eigenvalue weighted by atomic mass is 32.2. The molecule has 8 bridgehead atoms. The van der Waals surface area contributed by atoms with Crippen molar-refractivity contribution in [3.05, 3.63) is 142 Å². The average molecular weight is 1330 g/mol. The molecule has 0 spiro atoms. The molecule has 14 N–H and O–H groups in total. The maximum Gasteiger partial charge on any atom is 0.251 e. The summed E-state index contributed by atoms with van der Waals surface area (Å²) in [5.74, 6) is 0.209. The minimum Gasteiger partial charge on any atom is -0.506 e. The summed E-state index contributed by atoms with van der Waals surface area (Å²) in [7, 11) is 0. The molecule has 1 heterocycles. The van der Waals surface area contributed by atoms with E-state index in [1.54, 1.807) is 24.3 Å². The number of hydrogen-bond acceptors (Lipinski definition) is 16. The number of carbonyl (C=O) groups excluding carboxylic acids is 4. The van der Waals surface area contributed by atoms with Gasteiger partial charge >= 0.3 is 0 Å². The molecular formula is C72H96N8O8S4. The number of fused-ring (bicyclic) bond motifs is 8. The highest BCUT2D eigenvalue weighted by Gasteiger charge is 2.30. The molecule has 2 atom stereocenters. The molecule has 6 aromatic carbocycles. The number of ether oxygens (including phenoxy) is 2. The van der Waals surface area contributed by atoms with E-state index in [-0.39, 0.29) is 96.2 Å². The topological polar surface area (TPSA) is 279 Å². The third kappa shape index (κ3) is 20.3. The quantitative estimate of drug-likeness (QED) is 0.0252. The molecule has 16 nitrogen and oxygen atoms in total. The fourth-order valence-electron chi connectivity index (χ4n) is 9.71. The molecule has 1 aliphatic heterocycles. The molecule has 6 aromatic rings. The molecule has 0 saturated heterocycles. The Morgan fingerprint density at radius 2 is 0.674 bits per heavy atom. The summed E-state index contributed by atoms with van der Waals surface area (Å²) in [5, 5.41) is 37.1. The van der Waals surface area contributed by atoms with Gasteiger partial charge in [0.15, 0.2) is 0 Å². The summed E-state index contributed by atoms with van der Waals surface area (Å²) in [5.41, 5.74) is 28.4. The van der Waals surface area contributed by atoms with Crippen LogP contribution in [0.4, 0.5) is 0 Å². The third-order valence-corrected chi connectivity index (χ3v) is 19.9. The standard InChI is InChI=1S/C72H96N8O8S4/c1-69(2,3)47-33-53-61(81)54(34-47)90-58-38-50(72(10,11)12)40-60(64(58)88-42-44-21-25-46(26-22-44)66(84)78-30-32-80-68(86)52(76)18-14-16-28-74)92-56-36-48(70(4,5)6)35-55(62(56)82)91-59-39-49(71(7,8)9)37-57(89-53)63(59)87-41-43-19-23-45(24-20-43)65(83)77-29-31-79-67(85)51(75)17-13-15-27-73/h19-26,33-40,51-52,81-82H,13-18,27-32,41-42,73-76H2,1-12H3,(H,77,83)(H,78,84)(H,79,85)(H,80,86)/t51-,52-/m0/s1. The van der Waals surface area contributed by atoms with Gasteiger partial charge in [-0.2, -0.15) is 0 Å². The smallest absolute Gasteiger partial charge is 0.251 e. The molecule has 496 valence electrons. The van der Waals surface area contributed by atoms with Crippen molar-refractivity contribution in [2.45, 2.75) is 208 Å². The number of benzene rings is 6. The van der Waals surface area contributed by atoms with Crippen LogP contribution in [0.2, 0.25) is 0 Å². The zero-order chi connectivity index (χ0) is 67.3. The Morgan fingerprint density at radius 3 is 0.935 bits per heavy atom. The molecule has 0 aromatic heterocycles. The van der Waals surface area contributed by atoms with Crippen molar-refractivity contribution in [2.24, 2.45) is 22.9 Å². The van der Waals surface area contributed by atoms with Crippen LogP contribution in [0.1, 0.15) is 176 Å². The Kier molecular flexibility index (Phi) is 25.6. The first kappa shape index (κ1) is 73.1. The lowest BCUT2D eigenvalue weighted by Gasteiger charge is -2.27. The van der Waals surface area contributed by atoms with Crippen molar-refractivity contribution in [2.75, 3.05) is 39.3 Å². The number of unbranched alkanes of at least 4 members (excludes halogenated alkanes) is 2. The molecule has 0 radical (unpaired) electrons. The molecule has 92 heavy (non-hydrogen) atoms. The molecule has 1 aliphatic rings. The van der Waals surface area contributed by atoms with Crippen LogP contribution in [-0.2, 0) is 44.5 Å². The fourth-order valence-corrected chi connectivity index (χ4v) is 14.3. The summed E-state index contributed by atoms with van der Waals surface area (Å²) in [4.78, 5) is 57.1. The number of rotatable bonds is 24. The Morgan fingerprint density at radius 1 is 0.413 bits per heavy atom. The predicted molar refractivity (Wildman–Crippen MR) is 374 cm³/mol. The second kappa shape index (κ2) is 32.2. The second-order valence-electron chi connectivity index (χ2n) is 27.5. The third-order valence-electron chi connectivity index (χ3n) is 15.7. The van der Waals surface area contributed by atoms with Gasteiger partial charge in [-0.3, -0.25) is 19.2 Å². The van der Waals surface area contributed by atoms with Gasteiger partial charge < -0.3 is 63.9 Å². The maximum absolute atomic E-state index is 13.3. The Balaban J connectivity index is 1.26. The SMILES string of the molecule is CC(C)(C)c1cc2c(O)c(c1)Sc1cc(C(C)(C)C)cc(c1OCc1ccc(C(=O)NCCNC(=O)[C@@H](N)CCCCN)cc1)Sc1cc(C(C)(C)C)cc(c1O)Sc1cc(C(C)(C)C)cc(c1OCc1ccc(C(=O)NCCNC(=O)[C@@H](N)CCCCN)cc1)S2. The van der Waals surface area contributed by atoms with Gasteiger partial charge in [-0.1, -0.05) is 167 Å². The van der Waals surface area contributed by atoms with Gasteiger partial charge in [-0.15, -0.1) is 0 Å². The van der Waals surface area contributed by atoms with E-state index in [0.717, 1.165) is 78.6 Å². The molecular weight excluding hydrogens is 1230 g/mol. The highest BCUT2D eigenvalue weighted by molar-refractivity contribution is 8.01. The largest absolute Gasteiger partial charge is 0.506 e. The van der Waals surface area contributed by atoms with Crippen LogP contribution in [0.3, 0.4) is 0 Å². The first-order valence-corrected chi connectivity index (χ1v) is 34.9. The lowest BCUT2D eigenvalue weighted by molar-refractivity contribution is -0.123. The predicted octanol–water partition coefficient (Wildman–Crippen LogP) is 13.0. The summed E-state index contributed by atoms with van der Waals surface area (Å²) < 4.78 is 14.1. The fraction of sp³-hybridized carbons (Fsp3) is 0.444. The maximum atomic E-state index is 13.3. The summed E-state index contributed by atoms with van der Waals surface area (Å²) >= 11 is 5.70. The molecule has 0 saturated carbocycles. The van der Waals surface area contributed by atoms with Crippen LogP contribution < -0.4 is 53.7 Å². The zero-order valence-corrected chi connectivity index (χ0v) is 58.8. The van der Waals surface area contributed by atoms with E-state index in [1.807, 2.05) is 24.3 Å². The van der Waals surface area contributed by atoms with E-state index < -0.39 is 12.1 Å². The molecule has 0 aliphatic carbocycles.